The number of rotatable bonds is 8. The van der Waals surface area contributed by atoms with Gasteiger partial charge in [-0.2, -0.15) is 0 Å². The number of nitrogens with one attached hydrogen (secondary N) is 1. The first kappa shape index (κ1) is 18.0. The van der Waals surface area contributed by atoms with Gasteiger partial charge in [0.2, 0.25) is 0 Å². The van der Waals surface area contributed by atoms with Crippen molar-refractivity contribution in [3.8, 4) is 5.75 Å². The van der Waals surface area contributed by atoms with E-state index in [0.717, 1.165) is 18.7 Å². The van der Waals surface area contributed by atoms with Gasteiger partial charge in [0.05, 0.1) is 6.61 Å². The summed E-state index contributed by atoms with van der Waals surface area (Å²) in [6.07, 6.45) is 1.13. The zero-order valence-corrected chi connectivity index (χ0v) is 14.5. The third-order valence-corrected chi connectivity index (χ3v) is 3.20. The lowest BCUT2D eigenvalue weighted by Gasteiger charge is -2.33. The number of ether oxygens (including phenoxy) is 2. The molecule has 0 aliphatic rings. The average Bonchev–Trinajstić information content (AvgIpc) is 2.35. The zero-order chi connectivity index (χ0) is 15.9. The SMILES string of the molecule is COCCOc1cccc(CNC(C)(C)CC(C)(C)C)c1. The Hall–Kier alpha value is -1.06. The molecule has 0 radical (unpaired) electrons. The monoisotopic (exact) mass is 293 g/mol. The Labute approximate surface area is 130 Å². The van der Waals surface area contributed by atoms with Gasteiger partial charge < -0.3 is 14.8 Å². The first-order chi connectivity index (χ1) is 9.72. The molecule has 0 bridgehead atoms. The standard InChI is InChI=1S/C18H31NO2/c1-17(2,3)14-18(4,5)19-13-15-8-7-9-16(12-15)21-11-10-20-6/h7-9,12,19H,10-11,13-14H2,1-6H3. The minimum atomic E-state index is 0.116. The van der Waals surface area contributed by atoms with E-state index >= 15 is 0 Å². The maximum Gasteiger partial charge on any atom is 0.119 e. The summed E-state index contributed by atoms with van der Waals surface area (Å²) in [5.74, 6) is 0.903. The number of benzene rings is 1. The number of hydrogen-bond acceptors (Lipinski definition) is 3. The summed E-state index contributed by atoms with van der Waals surface area (Å²) >= 11 is 0. The number of methoxy groups -OCH3 is 1. The van der Waals surface area contributed by atoms with Gasteiger partial charge in [-0.1, -0.05) is 32.9 Å². The fraction of sp³-hybridized carbons (Fsp3) is 0.667. The van der Waals surface area contributed by atoms with Crippen molar-refractivity contribution in [3.63, 3.8) is 0 Å². The van der Waals surface area contributed by atoms with Crippen LogP contribution in [0.1, 0.15) is 46.6 Å². The summed E-state index contributed by atoms with van der Waals surface area (Å²) in [6.45, 7) is 13.4. The highest BCUT2D eigenvalue weighted by Gasteiger charge is 2.24. The average molecular weight is 293 g/mol. The summed E-state index contributed by atoms with van der Waals surface area (Å²) in [4.78, 5) is 0. The summed E-state index contributed by atoms with van der Waals surface area (Å²) in [6, 6.07) is 8.24. The van der Waals surface area contributed by atoms with Crippen LogP contribution in [-0.4, -0.2) is 25.9 Å². The molecule has 1 rings (SSSR count). The molecule has 1 aromatic carbocycles. The van der Waals surface area contributed by atoms with Gasteiger partial charge in [0.15, 0.2) is 0 Å². The lowest BCUT2D eigenvalue weighted by Crippen LogP contribution is -2.41. The molecule has 0 aromatic heterocycles. The Balaban J connectivity index is 2.53. The van der Waals surface area contributed by atoms with E-state index in [2.05, 4.69) is 52.1 Å². The van der Waals surface area contributed by atoms with E-state index in [1.807, 2.05) is 12.1 Å². The second-order valence-electron chi connectivity index (χ2n) is 7.46. The van der Waals surface area contributed by atoms with Gasteiger partial charge in [-0.05, 0) is 43.4 Å². The van der Waals surface area contributed by atoms with Crippen molar-refractivity contribution in [3.05, 3.63) is 29.8 Å². The van der Waals surface area contributed by atoms with Gasteiger partial charge in [0.25, 0.3) is 0 Å². The second kappa shape index (κ2) is 7.81. The lowest BCUT2D eigenvalue weighted by atomic mass is 9.82. The highest BCUT2D eigenvalue weighted by molar-refractivity contribution is 5.28. The van der Waals surface area contributed by atoms with Gasteiger partial charge in [0.1, 0.15) is 12.4 Å². The molecular weight excluding hydrogens is 262 g/mol. The van der Waals surface area contributed by atoms with Crippen LogP contribution in [0.2, 0.25) is 0 Å². The summed E-state index contributed by atoms with van der Waals surface area (Å²) in [5.41, 5.74) is 1.68. The molecule has 120 valence electrons. The Morgan fingerprint density at radius 3 is 2.38 bits per heavy atom. The molecule has 0 amide bonds. The van der Waals surface area contributed by atoms with Gasteiger partial charge in [-0.15, -0.1) is 0 Å². The molecule has 3 nitrogen and oxygen atoms in total. The van der Waals surface area contributed by atoms with E-state index in [1.165, 1.54) is 5.56 Å². The molecule has 0 unspecified atom stereocenters. The highest BCUT2D eigenvalue weighted by atomic mass is 16.5. The molecule has 0 fully saturated rings. The van der Waals surface area contributed by atoms with E-state index in [4.69, 9.17) is 9.47 Å². The van der Waals surface area contributed by atoms with Crippen molar-refractivity contribution >= 4 is 0 Å². The first-order valence-electron chi connectivity index (χ1n) is 7.68. The van der Waals surface area contributed by atoms with Crippen LogP contribution < -0.4 is 10.1 Å². The molecule has 0 saturated heterocycles. The first-order valence-corrected chi connectivity index (χ1v) is 7.68. The Kier molecular flexibility index (Phi) is 6.69. The van der Waals surface area contributed by atoms with Crippen LogP contribution in [-0.2, 0) is 11.3 Å². The quantitative estimate of drug-likeness (QED) is 0.734. The lowest BCUT2D eigenvalue weighted by molar-refractivity contribution is 0.146. The third-order valence-electron chi connectivity index (χ3n) is 3.20. The predicted octanol–water partition coefficient (Wildman–Crippen LogP) is 4.02. The van der Waals surface area contributed by atoms with Gasteiger partial charge in [-0.25, -0.2) is 0 Å². The molecule has 0 atom stereocenters. The van der Waals surface area contributed by atoms with Crippen LogP contribution in [0.3, 0.4) is 0 Å². The van der Waals surface area contributed by atoms with Crippen LogP contribution in [0.5, 0.6) is 5.75 Å². The molecule has 0 aliphatic carbocycles. The van der Waals surface area contributed by atoms with E-state index in [9.17, 15) is 0 Å². The Bertz CT molecular complexity index is 421. The Morgan fingerprint density at radius 1 is 1.05 bits per heavy atom. The third kappa shape index (κ3) is 8.08. The topological polar surface area (TPSA) is 30.5 Å². The zero-order valence-electron chi connectivity index (χ0n) is 14.5. The molecule has 1 N–H and O–H groups in total. The maximum absolute atomic E-state index is 5.65. The Morgan fingerprint density at radius 2 is 1.76 bits per heavy atom. The second-order valence-corrected chi connectivity index (χ2v) is 7.46. The molecule has 0 heterocycles. The van der Waals surface area contributed by atoms with Crippen LogP contribution in [0.15, 0.2) is 24.3 Å². The van der Waals surface area contributed by atoms with Crippen molar-refractivity contribution in [2.75, 3.05) is 20.3 Å². The summed E-state index contributed by atoms with van der Waals surface area (Å²) in [7, 11) is 1.68. The molecule has 3 heteroatoms. The van der Waals surface area contributed by atoms with Crippen LogP contribution in [0.25, 0.3) is 0 Å². The van der Waals surface area contributed by atoms with E-state index in [1.54, 1.807) is 7.11 Å². The van der Waals surface area contributed by atoms with E-state index in [0.29, 0.717) is 18.6 Å². The van der Waals surface area contributed by atoms with Crippen LogP contribution >= 0.6 is 0 Å². The van der Waals surface area contributed by atoms with Crippen molar-refractivity contribution in [2.24, 2.45) is 5.41 Å². The number of hydrogen-bond donors (Lipinski definition) is 1. The van der Waals surface area contributed by atoms with E-state index in [-0.39, 0.29) is 5.54 Å². The predicted molar refractivity (Wildman–Crippen MR) is 88.8 cm³/mol. The van der Waals surface area contributed by atoms with Crippen molar-refractivity contribution in [1.82, 2.24) is 5.32 Å². The summed E-state index contributed by atoms with van der Waals surface area (Å²) < 4.78 is 10.6. The molecule has 0 aliphatic heterocycles. The van der Waals surface area contributed by atoms with Gasteiger partial charge in [0, 0.05) is 19.2 Å². The fourth-order valence-electron chi connectivity index (χ4n) is 2.72. The van der Waals surface area contributed by atoms with Crippen LogP contribution in [0.4, 0.5) is 0 Å². The van der Waals surface area contributed by atoms with Crippen LogP contribution in [0, 0.1) is 5.41 Å². The molecule has 0 spiro atoms. The molecule has 21 heavy (non-hydrogen) atoms. The normalized spacial score (nSPS) is 12.5. The van der Waals surface area contributed by atoms with Crippen molar-refractivity contribution in [2.45, 2.75) is 53.1 Å². The van der Waals surface area contributed by atoms with Gasteiger partial charge >= 0.3 is 0 Å². The molecular formula is C18H31NO2. The van der Waals surface area contributed by atoms with E-state index < -0.39 is 0 Å². The minimum Gasteiger partial charge on any atom is -0.491 e. The van der Waals surface area contributed by atoms with Gasteiger partial charge in [-0.3, -0.25) is 0 Å². The van der Waals surface area contributed by atoms with Crippen molar-refractivity contribution < 1.29 is 9.47 Å². The van der Waals surface area contributed by atoms with Crippen molar-refractivity contribution in [1.29, 1.82) is 0 Å². The fourth-order valence-corrected chi connectivity index (χ4v) is 2.72. The summed E-state index contributed by atoms with van der Waals surface area (Å²) in [5, 5.41) is 3.65. The maximum atomic E-state index is 5.65. The minimum absolute atomic E-state index is 0.116. The molecule has 1 aromatic rings. The smallest absolute Gasteiger partial charge is 0.119 e. The molecule has 0 saturated carbocycles. The largest absolute Gasteiger partial charge is 0.491 e. The highest BCUT2D eigenvalue weighted by Crippen LogP contribution is 2.27.